The Hall–Kier alpha value is -4.23. The van der Waals surface area contributed by atoms with Crippen LogP contribution in [0.3, 0.4) is 0 Å². The van der Waals surface area contributed by atoms with Gasteiger partial charge in [-0.1, -0.05) is 48.5 Å². The highest BCUT2D eigenvalue weighted by Crippen LogP contribution is 2.40. The monoisotopic (exact) mass is 645 g/mol. The van der Waals surface area contributed by atoms with Gasteiger partial charge in [0.25, 0.3) is 11.8 Å². The van der Waals surface area contributed by atoms with Gasteiger partial charge in [-0.05, 0) is 62.6 Å². The van der Waals surface area contributed by atoms with Crippen LogP contribution in [0.5, 0.6) is 11.5 Å². The van der Waals surface area contributed by atoms with E-state index in [1.54, 1.807) is 51.1 Å². The molecule has 3 aromatic rings. The molecule has 45 heavy (non-hydrogen) atoms. The SMILES string of the molecule is Cc1c(O)cccc1C(=O)N[C@@H](Cc1ccccc1)[C@H](O)C(=O)N1CSC(C)(C)[C@H]1C(=O)NCc1cccc(OC(F)(F)F)c1. The van der Waals surface area contributed by atoms with Crippen molar-refractivity contribution in [3.8, 4) is 11.5 Å². The van der Waals surface area contributed by atoms with Gasteiger partial charge >= 0.3 is 6.36 Å². The maximum Gasteiger partial charge on any atom is 0.573 e. The summed E-state index contributed by atoms with van der Waals surface area (Å²) in [5, 5.41) is 26.9. The number of nitrogens with zero attached hydrogens (tertiary/aromatic N) is 1. The van der Waals surface area contributed by atoms with Crippen LogP contribution in [0.2, 0.25) is 0 Å². The number of hydrogen-bond acceptors (Lipinski definition) is 7. The highest BCUT2D eigenvalue weighted by molar-refractivity contribution is 8.00. The average molecular weight is 646 g/mol. The molecule has 1 heterocycles. The van der Waals surface area contributed by atoms with Gasteiger partial charge in [-0.2, -0.15) is 0 Å². The highest BCUT2D eigenvalue weighted by Gasteiger charge is 2.49. The van der Waals surface area contributed by atoms with Gasteiger partial charge in [0.15, 0.2) is 6.10 Å². The number of ether oxygens (including phenoxy) is 1. The first-order valence-electron chi connectivity index (χ1n) is 14.0. The van der Waals surface area contributed by atoms with Crippen LogP contribution in [0.25, 0.3) is 0 Å². The van der Waals surface area contributed by atoms with Crippen molar-refractivity contribution in [2.24, 2.45) is 0 Å². The second-order valence-electron chi connectivity index (χ2n) is 11.2. The second kappa shape index (κ2) is 13.8. The summed E-state index contributed by atoms with van der Waals surface area (Å²) in [6.45, 7) is 4.98. The molecule has 0 aliphatic carbocycles. The molecule has 3 amide bonds. The zero-order valence-corrected chi connectivity index (χ0v) is 25.6. The van der Waals surface area contributed by atoms with Gasteiger partial charge in [-0.25, -0.2) is 0 Å². The van der Waals surface area contributed by atoms with Crippen molar-refractivity contribution in [2.45, 2.75) is 63.0 Å². The summed E-state index contributed by atoms with van der Waals surface area (Å²) in [6.07, 6.45) is -6.52. The Morgan fingerprint density at radius 1 is 1.04 bits per heavy atom. The molecule has 240 valence electrons. The van der Waals surface area contributed by atoms with Crippen LogP contribution in [0.4, 0.5) is 13.2 Å². The Kier molecular flexibility index (Phi) is 10.3. The summed E-state index contributed by atoms with van der Waals surface area (Å²) in [4.78, 5) is 41.8. The third kappa shape index (κ3) is 8.49. The molecule has 9 nitrogen and oxygen atoms in total. The van der Waals surface area contributed by atoms with Crippen molar-refractivity contribution in [1.82, 2.24) is 15.5 Å². The molecule has 0 saturated carbocycles. The number of halogens is 3. The summed E-state index contributed by atoms with van der Waals surface area (Å²) in [5.74, 6) is -2.37. The predicted molar refractivity (Wildman–Crippen MR) is 162 cm³/mol. The number of aliphatic hydroxyl groups excluding tert-OH is 1. The lowest BCUT2D eigenvalue weighted by Gasteiger charge is -2.33. The van der Waals surface area contributed by atoms with Crippen molar-refractivity contribution in [3.05, 3.63) is 95.1 Å². The summed E-state index contributed by atoms with van der Waals surface area (Å²) in [5.41, 5.74) is 1.59. The lowest BCUT2D eigenvalue weighted by Crippen LogP contribution is -2.58. The number of alkyl halides is 3. The summed E-state index contributed by atoms with van der Waals surface area (Å²) in [6, 6.07) is 16.5. The van der Waals surface area contributed by atoms with Gasteiger partial charge in [0.05, 0.1) is 11.9 Å². The minimum absolute atomic E-state index is 0.0769. The molecule has 1 aliphatic rings. The minimum atomic E-state index is -4.87. The van der Waals surface area contributed by atoms with Gasteiger partial charge in [-0.15, -0.1) is 24.9 Å². The molecular formula is C32H34F3N3O6S. The number of benzene rings is 3. The minimum Gasteiger partial charge on any atom is -0.508 e. The molecule has 1 aliphatic heterocycles. The van der Waals surface area contributed by atoms with E-state index in [9.17, 15) is 37.8 Å². The van der Waals surface area contributed by atoms with Crippen molar-refractivity contribution in [3.63, 3.8) is 0 Å². The smallest absolute Gasteiger partial charge is 0.508 e. The van der Waals surface area contributed by atoms with Crippen molar-refractivity contribution >= 4 is 29.5 Å². The molecule has 3 atom stereocenters. The molecule has 0 aromatic heterocycles. The van der Waals surface area contributed by atoms with E-state index in [4.69, 9.17) is 0 Å². The van der Waals surface area contributed by atoms with Gasteiger partial charge in [0.1, 0.15) is 17.5 Å². The number of nitrogens with one attached hydrogen (secondary N) is 2. The number of rotatable bonds is 10. The van der Waals surface area contributed by atoms with E-state index in [1.807, 2.05) is 0 Å². The van der Waals surface area contributed by atoms with E-state index in [-0.39, 0.29) is 30.2 Å². The quantitative estimate of drug-likeness (QED) is 0.259. The van der Waals surface area contributed by atoms with E-state index in [1.165, 1.54) is 47.0 Å². The molecule has 1 fully saturated rings. The van der Waals surface area contributed by atoms with Crippen LogP contribution in [0.1, 0.15) is 40.9 Å². The molecule has 4 N–H and O–H groups in total. The Morgan fingerprint density at radius 3 is 2.40 bits per heavy atom. The summed E-state index contributed by atoms with van der Waals surface area (Å²) in [7, 11) is 0. The molecule has 1 saturated heterocycles. The predicted octanol–water partition coefficient (Wildman–Crippen LogP) is 4.30. The molecule has 0 radical (unpaired) electrons. The Labute approximate surface area is 262 Å². The van der Waals surface area contributed by atoms with Crippen molar-refractivity contribution in [2.75, 3.05) is 5.88 Å². The van der Waals surface area contributed by atoms with Crippen molar-refractivity contribution < 1.29 is 42.5 Å². The molecule has 4 rings (SSSR count). The third-order valence-corrected chi connectivity index (χ3v) is 8.85. The molecular weight excluding hydrogens is 611 g/mol. The maximum absolute atomic E-state index is 13.8. The number of phenols is 1. The van der Waals surface area contributed by atoms with Gasteiger partial charge in [-0.3, -0.25) is 14.4 Å². The number of thioether (sulfide) groups is 1. The fourth-order valence-electron chi connectivity index (χ4n) is 5.12. The maximum atomic E-state index is 13.8. The summed E-state index contributed by atoms with van der Waals surface area (Å²) >= 11 is 1.32. The largest absolute Gasteiger partial charge is 0.573 e. The number of hydrogen-bond donors (Lipinski definition) is 4. The van der Waals surface area contributed by atoms with Gasteiger partial charge in [0.2, 0.25) is 5.91 Å². The topological polar surface area (TPSA) is 128 Å². The number of phenolic OH excluding ortho intramolecular Hbond substituents is 1. The third-order valence-electron chi connectivity index (χ3n) is 7.47. The standard InChI is InChI=1S/C32H34F3N3O6S/c1-19-23(13-8-14-25(19)39)28(41)37-24(16-20-9-5-4-6-10-20)26(40)30(43)38-18-45-31(2,3)27(38)29(42)36-17-21-11-7-12-22(15-21)44-32(33,34)35/h4-15,24,26-27,39-40H,16-18H2,1-3H3,(H,36,42)(H,37,41)/t24-,26-,27+/m0/s1. The van der Waals surface area contributed by atoms with E-state index in [0.29, 0.717) is 11.1 Å². The van der Waals surface area contributed by atoms with Crippen LogP contribution in [-0.2, 0) is 22.6 Å². The number of carbonyl (C=O) groups is 3. The molecule has 13 heteroatoms. The first-order chi connectivity index (χ1) is 21.2. The lowest BCUT2D eigenvalue weighted by molar-refractivity contribution is -0.274. The van der Waals surface area contributed by atoms with E-state index < -0.39 is 52.8 Å². The van der Waals surface area contributed by atoms with E-state index >= 15 is 0 Å². The lowest BCUT2D eigenvalue weighted by atomic mass is 9.96. The van der Waals surface area contributed by atoms with E-state index in [0.717, 1.165) is 17.7 Å². The van der Waals surface area contributed by atoms with Gasteiger partial charge < -0.3 is 30.5 Å². The molecule has 3 aromatic carbocycles. The van der Waals surface area contributed by atoms with Crippen LogP contribution < -0.4 is 15.4 Å². The van der Waals surface area contributed by atoms with Gasteiger partial charge in [0, 0.05) is 22.4 Å². The Morgan fingerprint density at radius 2 is 1.71 bits per heavy atom. The van der Waals surface area contributed by atoms with Crippen LogP contribution >= 0.6 is 11.8 Å². The van der Waals surface area contributed by atoms with Crippen LogP contribution in [0.15, 0.2) is 72.8 Å². The van der Waals surface area contributed by atoms with Crippen LogP contribution in [0, 0.1) is 6.92 Å². The second-order valence-corrected chi connectivity index (χ2v) is 12.8. The number of carbonyl (C=O) groups excluding carboxylic acids is 3. The highest BCUT2D eigenvalue weighted by atomic mass is 32.2. The molecule has 0 bridgehead atoms. The average Bonchev–Trinajstić information content (AvgIpc) is 3.30. The number of aromatic hydroxyl groups is 1. The van der Waals surface area contributed by atoms with E-state index in [2.05, 4.69) is 15.4 Å². The molecule has 0 spiro atoms. The van der Waals surface area contributed by atoms with Crippen LogP contribution in [-0.4, -0.2) is 68.0 Å². The van der Waals surface area contributed by atoms with Crippen molar-refractivity contribution in [1.29, 1.82) is 0 Å². The summed E-state index contributed by atoms with van der Waals surface area (Å²) < 4.78 is 41.1. The number of aliphatic hydroxyl groups is 1. The first kappa shape index (κ1) is 33.7. The fourth-order valence-corrected chi connectivity index (χ4v) is 6.26. The normalized spacial score (nSPS) is 17.3. The molecule has 0 unspecified atom stereocenters. The Balaban J connectivity index is 1.53. The first-order valence-corrected chi connectivity index (χ1v) is 15.0. The Bertz CT molecular complexity index is 1540. The number of amides is 3. The fraction of sp³-hybridized carbons (Fsp3) is 0.344. The zero-order valence-electron chi connectivity index (χ0n) is 24.8. The zero-order chi connectivity index (χ0) is 32.9.